The van der Waals surface area contributed by atoms with E-state index in [4.69, 9.17) is 0 Å². The molecule has 106 valence electrons. The lowest BCUT2D eigenvalue weighted by atomic mass is 9.95. The van der Waals surface area contributed by atoms with Gasteiger partial charge in [-0.25, -0.2) is 4.39 Å². The van der Waals surface area contributed by atoms with E-state index in [9.17, 15) is 9.18 Å². The first-order valence-electron chi connectivity index (χ1n) is 6.88. The van der Waals surface area contributed by atoms with Crippen molar-refractivity contribution in [3.05, 3.63) is 58.9 Å². The molecule has 0 aliphatic heterocycles. The van der Waals surface area contributed by atoms with E-state index in [1.165, 1.54) is 6.92 Å². The first-order valence-corrected chi connectivity index (χ1v) is 6.88. The minimum absolute atomic E-state index is 0.0482. The molecule has 0 saturated carbocycles. The number of carbonyl (C=O) groups excluding carboxylic acids is 1. The summed E-state index contributed by atoms with van der Waals surface area (Å²) in [4.78, 5) is 11.5. The van der Waals surface area contributed by atoms with Crippen molar-refractivity contribution in [1.29, 1.82) is 0 Å². The molecule has 1 nitrogen and oxygen atoms in total. The maximum Gasteiger partial charge on any atom is 0.159 e. The van der Waals surface area contributed by atoms with Crippen molar-refractivity contribution in [2.75, 3.05) is 0 Å². The molecule has 0 radical (unpaired) electrons. The molecule has 2 aromatic rings. The molecule has 0 bridgehead atoms. The second-order valence-electron chi connectivity index (χ2n) is 4.53. The number of carbonyl (C=O) groups is 1. The third-order valence-electron chi connectivity index (χ3n) is 3.10. The highest BCUT2D eigenvalue weighted by atomic mass is 19.1. The molecule has 2 rings (SSSR count). The van der Waals surface area contributed by atoms with Crippen molar-refractivity contribution >= 4 is 5.78 Å². The van der Waals surface area contributed by atoms with Crippen LogP contribution in [0.2, 0.25) is 0 Å². The molecule has 2 aromatic carbocycles. The SMILES string of the molecule is CC.CC(=O)c1cc(C)c(F)c(-c2ccccc2C)c1. The van der Waals surface area contributed by atoms with Crippen LogP contribution in [0.15, 0.2) is 36.4 Å². The van der Waals surface area contributed by atoms with Crippen molar-refractivity contribution in [1.82, 2.24) is 0 Å². The number of aryl methyl sites for hydroxylation is 2. The van der Waals surface area contributed by atoms with E-state index in [0.29, 0.717) is 16.7 Å². The Kier molecular flexibility index (Phi) is 5.63. The number of rotatable bonds is 2. The van der Waals surface area contributed by atoms with Crippen LogP contribution in [0.5, 0.6) is 0 Å². The van der Waals surface area contributed by atoms with Gasteiger partial charge in [0.25, 0.3) is 0 Å². The van der Waals surface area contributed by atoms with Gasteiger partial charge in [-0.05, 0) is 49.6 Å². The summed E-state index contributed by atoms with van der Waals surface area (Å²) in [5.74, 6) is -0.303. The number of hydrogen-bond acceptors (Lipinski definition) is 1. The molecule has 0 saturated heterocycles. The summed E-state index contributed by atoms with van der Waals surface area (Å²) in [7, 11) is 0. The normalized spacial score (nSPS) is 9.70. The summed E-state index contributed by atoms with van der Waals surface area (Å²) in [6.07, 6.45) is 0. The molecule has 0 N–H and O–H groups in total. The van der Waals surface area contributed by atoms with Gasteiger partial charge in [-0.3, -0.25) is 4.79 Å². The highest BCUT2D eigenvalue weighted by Gasteiger charge is 2.13. The smallest absolute Gasteiger partial charge is 0.159 e. The highest BCUT2D eigenvalue weighted by Crippen LogP contribution is 2.29. The zero-order valence-corrected chi connectivity index (χ0v) is 12.8. The molecular formula is C18H21FO. The van der Waals surface area contributed by atoms with Gasteiger partial charge < -0.3 is 0 Å². The summed E-state index contributed by atoms with van der Waals surface area (Å²) in [5.41, 5.74) is 3.38. The van der Waals surface area contributed by atoms with E-state index in [0.717, 1.165) is 11.1 Å². The van der Waals surface area contributed by atoms with Crippen molar-refractivity contribution in [2.24, 2.45) is 0 Å². The van der Waals surface area contributed by atoms with Crippen molar-refractivity contribution in [2.45, 2.75) is 34.6 Å². The molecule has 0 atom stereocenters. The minimum Gasteiger partial charge on any atom is -0.295 e. The monoisotopic (exact) mass is 272 g/mol. The van der Waals surface area contributed by atoms with Gasteiger partial charge in [-0.2, -0.15) is 0 Å². The van der Waals surface area contributed by atoms with Gasteiger partial charge in [0.05, 0.1) is 0 Å². The van der Waals surface area contributed by atoms with Gasteiger partial charge in [0.2, 0.25) is 0 Å². The first kappa shape index (κ1) is 16.1. The number of benzene rings is 2. The van der Waals surface area contributed by atoms with Crippen LogP contribution in [0, 0.1) is 19.7 Å². The van der Waals surface area contributed by atoms with Crippen LogP contribution in [0.25, 0.3) is 11.1 Å². The molecule has 0 spiro atoms. The predicted molar refractivity (Wildman–Crippen MR) is 82.7 cm³/mol. The van der Waals surface area contributed by atoms with Crippen LogP contribution < -0.4 is 0 Å². The lowest BCUT2D eigenvalue weighted by molar-refractivity contribution is 0.101. The van der Waals surface area contributed by atoms with E-state index in [1.807, 2.05) is 45.0 Å². The topological polar surface area (TPSA) is 17.1 Å². The van der Waals surface area contributed by atoms with Gasteiger partial charge in [0, 0.05) is 11.1 Å². The molecule has 0 aliphatic carbocycles. The first-order chi connectivity index (χ1) is 9.50. The molecule has 2 heteroatoms. The largest absolute Gasteiger partial charge is 0.295 e. The average molecular weight is 272 g/mol. The molecule has 0 fully saturated rings. The Bertz CT molecular complexity index is 615. The third-order valence-corrected chi connectivity index (χ3v) is 3.10. The van der Waals surface area contributed by atoms with Gasteiger partial charge >= 0.3 is 0 Å². The summed E-state index contributed by atoms with van der Waals surface area (Å²) < 4.78 is 14.2. The second kappa shape index (κ2) is 6.99. The lowest BCUT2D eigenvalue weighted by Gasteiger charge is -2.10. The number of Topliss-reactive ketones (excluding diaryl/α,β-unsaturated/α-hetero) is 1. The molecule has 0 unspecified atom stereocenters. The van der Waals surface area contributed by atoms with Crippen molar-refractivity contribution in [3.8, 4) is 11.1 Å². The van der Waals surface area contributed by atoms with Gasteiger partial charge in [-0.15, -0.1) is 0 Å². The Morgan fingerprint density at radius 3 is 2.10 bits per heavy atom. The van der Waals surface area contributed by atoms with Crippen LogP contribution in [-0.4, -0.2) is 5.78 Å². The molecule has 0 amide bonds. The fraction of sp³-hybridized carbons (Fsp3) is 0.278. The molecular weight excluding hydrogens is 251 g/mol. The third kappa shape index (κ3) is 3.32. The summed E-state index contributed by atoms with van der Waals surface area (Å²) in [6.45, 7) is 9.11. The number of hydrogen-bond donors (Lipinski definition) is 0. The van der Waals surface area contributed by atoms with Crippen LogP contribution >= 0.6 is 0 Å². The standard InChI is InChI=1S/C16H15FO.C2H6/c1-10-6-4-5-7-14(10)15-9-13(12(3)18)8-11(2)16(15)17;1-2/h4-9H,1-3H3;1-2H3. The minimum atomic E-state index is -0.255. The Labute approximate surface area is 120 Å². The zero-order valence-electron chi connectivity index (χ0n) is 12.8. The molecule has 0 aromatic heterocycles. The van der Waals surface area contributed by atoms with Crippen LogP contribution in [0.1, 0.15) is 42.3 Å². The van der Waals surface area contributed by atoms with Crippen LogP contribution in [-0.2, 0) is 0 Å². The fourth-order valence-electron chi connectivity index (χ4n) is 2.04. The second-order valence-corrected chi connectivity index (χ2v) is 4.53. The van der Waals surface area contributed by atoms with E-state index in [2.05, 4.69) is 0 Å². The van der Waals surface area contributed by atoms with E-state index >= 15 is 0 Å². The van der Waals surface area contributed by atoms with Gasteiger partial charge in [-0.1, -0.05) is 38.1 Å². The molecule has 0 heterocycles. The predicted octanol–water partition coefficient (Wildman–Crippen LogP) is 5.34. The van der Waals surface area contributed by atoms with E-state index in [-0.39, 0.29) is 11.6 Å². The Hall–Kier alpha value is -1.96. The quantitative estimate of drug-likeness (QED) is 0.674. The van der Waals surface area contributed by atoms with Gasteiger partial charge in [0.15, 0.2) is 5.78 Å². The van der Waals surface area contributed by atoms with Crippen LogP contribution in [0.4, 0.5) is 4.39 Å². The number of halogens is 1. The zero-order chi connectivity index (χ0) is 15.3. The maximum absolute atomic E-state index is 14.2. The van der Waals surface area contributed by atoms with E-state index < -0.39 is 0 Å². The molecule has 20 heavy (non-hydrogen) atoms. The van der Waals surface area contributed by atoms with E-state index in [1.54, 1.807) is 19.1 Å². The summed E-state index contributed by atoms with van der Waals surface area (Å²) >= 11 is 0. The average Bonchev–Trinajstić information content (AvgIpc) is 2.44. The summed E-state index contributed by atoms with van der Waals surface area (Å²) in [5, 5.41) is 0. The fourth-order valence-corrected chi connectivity index (χ4v) is 2.04. The summed E-state index contributed by atoms with van der Waals surface area (Å²) in [6, 6.07) is 10.8. The highest BCUT2D eigenvalue weighted by molar-refractivity contribution is 5.95. The lowest BCUT2D eigenvalue weighted by Crippen LogP contribution is -1.98. The Morgan fingerprint density at radius 1 is 0.950 bits per heavy atom. The Balaban J connectivity index is 0.000000956. The van der Waals surface area contributed by atoms with Crippen LogP contribution in [0.3, 0.4) is 0 Å². The van der Waals surface area contributed by atoms with Crippen molar-refractivity contribution in [3.63, 3.8) is 0 Å². The number of ketones is 1. The maximum atomic E-state index is 14.2. The van der Waals surface area contributed by atoms with Gasteiger partial charge in [0.1, 0.15) is 5.82 Å². The van der Waals surface area contributed by atoms with Crippen molar-refractivity contribution < 1.29 is 9.18 Å². The Morgan fingerprint density at radius 2 is 1.55 bits per heavy atom. The molecule has 0 aliphatic rings.